The van der Waals surface area contributed by atoms with Crippen LogP contribution in [0.3, 0.4) is 0 Å². The molecule has 2 nitrogen and oxygen atoms in total. The largest absolute Gasteiger partial charge is 0.460 e. The van der Waals surface area contributed by atoms with E-state index in [2.05, 4.69) is 6.58 Å². The van der Waals surface area contributed by atoms with E-state index in [0.717, 1.165) is 6.92 Å². The molecule has 0 radical (unpaired) electrons. The van der Waals surface area contributed by atoms with E-state index in [0.29, 0.717) is 7.05 Å². The van der Waals surface area contributed by atoms with Crippen LogP contribution >= 0.6 is 0 Å². The Labute approximate surface area is 160 Å². The summed E-state index contributed by atoms with van der Waals surface area (Å²) in [6.45, 7) is 3.38. The molecule has 1 fully saturated rings. The van der Waals surface area contributed by atoms with Crippen LogP contribution in [-0.2, 0) is 4.79 Å². The zero-order valence-corrected chi connectivity index (χ0v) is 15.2. The summed E-state index contributed by atoms with van der Waals surface area (Å²) in [6.07, 6.45) is -9.04. The van der Waals surface area contributed by atoms with Gasteiger partial charge in [-0.25, -0.2) is 4.79 Å². The first kappa shape index (κ1) is 26.5. The summed E-state index contributed by atoms with van der Waals surface area (Å²) in [5.74, 6) is -38.6. The fraction of sp³-hybridized carbons (Fsp3) is 0.800. The van der Waals surface area contributed by atoms with Crippen LogP contribution in [0.5, 0.6) is 0 Å². The molecule has 0 saturated carbocycles. The maximum Gasteiger partial charge on any atom is 0.460 e. The van der Waals surface area contributed by atoms with Gasteiger partial charge in [0.05, 0.1) is 13.6 Å². The lowest BCUT2D eigenvalue weighted by molar-refractivity contribution is -0.857. The molecule has 30 heavy (non-hydrogen) atoms. The summed E-state index contributed by atoms with van der Waals surface area (Å²) in [6, 6.07) is -3.13. The average molecular weight is 472 g/mol. The van der Waals surface area contributed by atoms with Crippen LogP contribution in [-0.4, -0.2) is 65.8 Å². The normalized spacial score (nSPS) is 24.8. The molecule has 1 aliphatic rings. The molecule has 0 bridgehead atoms. The van der Waals surface area contributed by atoms with Crippen LogP contribution in [0.2, 0.25) is 0 Å². The third kappa shape index (κ3) is 3.27. The minimum absolute atomic E-state index is 0.466. The number of rotatable bonds is 6. The lowest BCUT2D eigenvalue weighted by Crippen LogP contribution is -2.74. The molecule has 2 unspecified atom stereocenters. The van der Waals surface area contributed by atoms with Crippen molar-refractivity contribution in [2.75, 3.05) is 13.6 Å². The summed E-state index contributed by atoms with van der Waals surface area (Å²) in [4.78, 5) is 12.1. The van der Waals surface area contributed by atoms with Gasteiger partial charge in [0.2, 0.25) is 0 Å². The minimum Gasteiger partial charge on any atom is -0.251 e. The van der Waals surface area contributed by atoms with Gasteiger partial charge in [-0.2, -0.15) is 57.1 Å². The van der Waals surface area contributed by atoms with E-state index in [9.17, 15) is 61.9 Å². The zero-order chi connectivity index (χ0) is 24.4. The number of amides is 1. The highest BCUT2D eigenvalue weighted by Gasteiger charge is 2.92. The van der Waals surface area contributed by atoms with Crippen LogP contribution in [0.25, 0.3) is 0 Å². The summed E-state index contributed by atoms with van der Waals surface area (Å²) in [5.41, 5.74) is -0.496. The summed E-state index contributed by atoms with van der Waals surface area (Å²) < 4.78 is 171. The highest BCUT2D eigenvalue weighted by molar-refractivity contribution is 5.86. The number of nitrogens with zero attached hydrogens (tertiary/aromatic N) is 1. The average Bonchev–Trinajstić information content (AvgIpc) is 2.95. The SMILES string of the molecule is C=C(C)C(=O)[N+]1(C)CCCC1C(F)(F)C(F)(F)C(F)(F)C(F)(F)C(F)(F)C(F)(F)F. The van der Waals surface area contributed by atoms with Crippen molar-refractivity contribution < 1.29 is 66.4 Å². The van der Waals surface area contributed by atoms with Crippen molar-refractivity contribution in [1.29, 1.82) is 0 Å². The maximum absolute atomic E-state index is 14.4. The molecular weight excluding hydrogens is 457 g/mol. The molecule has 176 valence electrons. The summed E-state index contributed by atoms with van der Waals surface area (Å²) >= 11 is 0. The first-order chi connectivity index (χ1) is 12.9. The van der Waals surface area contributed by atoms with E-state index in [1.54, 1.807) is 0 Å². The van der Waals surface area contributed by atoms with Crippen LogP contribution in [0.15, 0.2) is 12.2 Å². The van der Waals surface area contributed by atoms with Gasteiger partial charge in [0.1, 0.15) is 0 Å². The fourth-order valence-corrected chi connectivity index (χ4v) is 3.26. The Morgan fingerprint density at radius 1 is 0.800 bits per heavy atom. The Bertz CT molecular complexity index is 712. The van der Waals surface area contributed by atoms with E-state index in [1.807, 2.05) is 0 Å². The van der Waals surface area contributed by atoms with E-state index < -0.39 is 77.2 Å². The van der Waals surface area contributed by atoms with Crippen molar-refractivity contribution in [2.24, 2.45) is 0 Å². The predicted molar refractivity (Wildman–Crippen MR) is 74.7 cm³/mol. The summed E-state index contributed by atoms with van der Waals surface area (Å²) in [7, 11) is 0.583. The number of quaternary nitrogens is 1. The van der Waals surface area contributed by atoms with Gasteiger partial charge in [0.25, 0.3) is 0 Å². The van der Waals surface area contributed by atoms with E-state index >= 15 is 0 Å². The topological polar surface area (TPSA) is 17.1 Å². The van der Waals surface area contributed by atoms with Gasteiger partial charge in [-0.1, -0.05) is 6.58 Å². The molecular formula is C15H15F13NO+. The molecule has 0 aromatic carbocycles. The molecule has 1 saturated heterocycles. The van der Waals surface area contributed by atoms with Crippen LogP contribution in [0, 0.1) is 0 Å². The third-order valence-electron chi connectivity index (χ3n) is 4.99. The Morgan fingerprint density at radius 3 is 1.57 bits per heavy atom. The molecule has 0 N–H and O–H groups in total. The number of hydrogen-bond donors (Lipinski definition) is 0. The van der Waals surface area contributed by atoms with E-state index in [4.69, 9.17) is 0 Å². The van der Waals surface area contributed by atoms with Gasteiger partial charge >= 0.3 is 41.7 Å². The highest BCUT2D eigenvalue weighted by atomic mass is 19.4. The number of halogens is 13. The number of carbonyl (C=O) groups excluding carboxylic acids is 1. The Balaban J connectivity index is 3.60. The van der Waals surface area contributed by atoms with Gasteiger partial charge < -0.3 is 0 Å². The van der Waals surface area contributed by atoms with Crippen molar-refractivity contribution in [3.8, 4) is 0 Å². The molecule has 1 amide bonds. The van der Waals surface area contributed by atoms with Gasteiger partial charge in [-0.3, -0.25) is 4.48 Å². The second kappa shape index (κ2) is 6.99. The molecule has 1 rings (SSSR count). The predicted octanol–water partition coefficient (Wildman–Crippen LogP) is 5.44. The van der Waals surface area contributed by atoms with Crippen molar-refractivity contribution in [1.82, 2.24) is 0 Å². The second-order valence-electron chi connectivity index (χ2n) is 7.15. The fourth-order valence-electron chi connectivity index (χ4n) is 3.26. The van der Waals surface area contributed by atoms with Crippen molar-refractivity contribution in [2.45, 2.75) is 61.6 Å². The number of hydrogen-bond acceptors (Lipinski definition) is 1. The van der Waals surface area contributed by atoms with E-state index in [-0.39, 0.29) is 0 Å². The maximum atomic E-state index is 14.4. The first-order valence-electron chi connectivity index (χ1n) is 7.96. The van der Waals surface area contributed by atoms with Crippen molar-refractivity contribution in [3.63, 3.8) is 0 Å². The summed E-state index contributed by atoms with van der Waals surface area (Å²) in [5, 5.41) is 0. The number of alkyl halides is 13. The zero-order valence-electron chi connectivity index (χ0n) is 15.2. The number of likely N-dealkylation sites (tertiary alicyclic amines) is 1. The Kier molecular flexibility index (Phi) is 6.17. The molecule has 15 heteroatoms. The molecule has 0 spiro atoms. The van der Waals surface area contributed by atoms with Gasteiger partial charge in [0, 0.05) is 18.4 Å². The standard InChI is InChI=1S/C15H15F13NO/c1-7(2)9(30)29(3)6-4-5-8(29)10(16,17)11(18,19)12(20,21)13(22,23)14(24,25)15(26,27)28/h8H,1,4-6H2,2-3H3/q+1. The van der Waals surface area contributed by atoms with Gasteiger partial charge in [-0.05, 0) is 6.92 Å². The number of carbonyl (C=O) groups is 1. The van der Waals surface area contributed by atoms with Crippen LogP contribution < -0.4 is 0 Å². The highest BCUT2D eigenvalue weighted by Crippen LogP contribution is 2.61. The Hall–Kier alpha value is -1.54. The molecule has 1 heterocycles. The smallest absolute Gasteiger partial charge is 0.251 e. The van der Waals surface area contributed by atoms with Crippen molar-refractivity contribution in [3.05, 3.63) is 12.2 Å². The lowest BCUT2D eigenvalue weighted by atomic mass is 9.89. The second-order valence-corrected chi connectivity index (χ2v) is 7.15. The van der Waals surface area contributed by atoms with Crippen LogP contribution in [0.4, 0.5) is 57.1 Å². The first-order valence-corrected chi connectivity index (χ1v) is 7.96. The van der Waals surface area contributed by atoms with Crippen LogP contribution in [0.1, 0.15) is 19.8 Å². The molecule has 0 aromatic heterocycles. The van der Waals surface area contributed by atoms with Crippen molar-refractivity contribution >= 4 is 5.91 Å². The van der Waals surface area contributed by atoms with E-state index in [1.165, 1.54) is 0 Å². The molecule has 2 atom stereocenters. The molecule has 0 aromatic rings. The molecule has 1 aliphatic heterocycles. The Morgan fingerprint density at radius 2 is 1.20 bits per heavy atom. The molecule has 0 aliphatic carbocycles. The monoisotopic (exact) mass is 472 g/mol. The van der Waals surface area contributed by atoms with Gasteiger partial charge in [-0.15, -0.1) is 0 Å². The van der Waals surface area contributed by atoms with Gasteiger partial charge in [0.15, 0.2) is 6.04 Å². The minimum atomic E-state index is -7.95. The lowest BCUT2D eigenvalue weighted by Gasteiger charge is -2.44. The third-order valence-corrected chi connectivity index (χ3v) is 4.99. The quantitative estimate of drug-likeness (QED) is 0.286. The number of likely N-dealkylation sites (N-methyl/N-ethyl adjacent to an activating group) is 1.